The van der Waals surface area contributed by atoms with Gasteiger partial charge in [-0.3, -0.25) is 0 Å². The van der Waals surface area contributed by atoms with E-state index < -0.39 is 5.50 Å². The van der Waals surface area contributed by atoms with Gasteiger partial charge in [0.15, 0.2) is 0 Å². The molecule has 1 rings (SSSR count). The topological polar surface area (TPSA) is 26.3 Å². The van der Waals surface area contributed by atoms with Gasteiger partial charge in [0.2, 0.25) is 0 Å². The van der Waals surface area contributed by atoms with Crippen LogP contribution in [0.2, 0.25) is 0 Å². The van der Waals surface area contributed by atoms with E-state index in [1.165, 1.54) is 6.92 Å². The predicted octanol–water partition coefficient (Wildman–Crippen LogP) is 3.27. The van der Waals surface area contributed by atoms with E-state index in [4.69, 9.17) is 4.74 Å². The first-order chi connectivity index (χ1) is 7.13. The number of hydrogen-bond acceptors (Lipinski definition) is 3. The Balaban J connectivity index is 2.67. The predicted molar refractivity (Wildman–Crippen MR) is 58.8 cm³/mol. The monoisotopic (exact) mass is 228 g/mol. The highest BCUT2D eigenvalue weighted by Crippen LogP contribution is 2.23. The van der Waals surface area contributed by atoms with E-state index in [0.29, 0.717) is 12.2 Å². The van der Waals surface area contributed by atoms with E-state index in [1.54, 1.807) is 31.2 Å². The molecular formula is C11H13FO2S. The molecule has 0 saturated carbocycles. The minimum Gasteiger partial charge on any atom is -0.462 e. The fourth-order valence-electron chi connectivity index (χ4n) is 1.07. The summed E-state index contributed by atoms with van der Waals surface area (Å²) in [6.07, 6.45) is 0. The molecule has 0 aliphatic heterocycles. The van der Waals surface area contributed by atoms with Crippen LogP contribution in [0.4, 0.5) is 4.39 Å². The highest BCUT2D eigenvalue weighted by molar-refractivity contribution is 7.99. The van der Waals surface area contributed by atoms with Crippen molar-refractivity contribution in [3.05, 3.63) is 29.8 Å². The van der Waals surface area contributed by atoms with E-state index in [-0.39, 0.29) is 5.97 Å². The molecule has 2 nitrogen and oxygen atoms in total. The molecule has 82 valence electrons. The highest BCUT2D eigenvalue weighted by atomic mass is 32.2. The smallest absolute Gasteiger partial charge is 0.338 e. The number of rotatable bonds is 4. The lowest BCUT2D eigenvalue weighted by atomic mass is 10.2. The average molecular weight is 228 g/mol. The average Bonchev–Trinajstić information content (AvgIpc) is 2.18. The van der Waals surface area contributed by atoms with Gasteiger partial charge in [-0.05, 0) is 38.1 Å². The third-order valence-corrected chi connectivity index (χ3v) is 2.53. The van der Waals surface area contributed by atoms with E-state index in [0.717, 1.165) is 16.7 Å². The lowest BCUT2D eigenvalue weighted by molar-refractivity contribution is 0.0526. The summed E-state index contributed by atoms with van der Waals surface area (Å²) in [7, 11) is 0. The van der Waals surface area contributed by atoms with Crippen molar-refractivity contribution >= 4 is 17.7 Å². The fraction of sp³-hybridized carbons (Fsp3) is 0.364. The van der Waals surface area contributed by atoms with E-state index >= 15 is 0 Å². The fourth-order valence-corrected chi connectivity index (χ4v) is 1.74. The molecule has 0 heterocycles. The van der Waals surface area contributed by atoms with Gasteiger partial charge >= 0.3 is 5.97 Å². The molecule has 1 aromatic rings. The first-order valence-corrected chi connectivity index (χ1v) is 5.59. The normalized spacial score (nSPS) is 12.2. The largest absolute Gasteiger partial charge is 0.462 e. The Kier molecular flexibility index (Phi) is 4.62. The molecule has 0 saturated heterocycles. The van der Waals surface area contributed by atoms with E-state index in [2.05, 4.69) is 0 Å². The standard InChI is InChI=1S/C11H13FO2S/c1-3-14-11(13)9-4-6-10(7-5-9)15-8(2)12/h4-8H,3H2,1-2H3. The van der Waals surface area contributed by atoms with Crippen molar-refractivity contribution in [2.45, 2.75) is 24.2 Å². The maximum atomic E-state index is 12.6. The number of benzene rings is 1. The Morgan fingerprint density at radius 2 is 2.07 bits per heavy atom. The van der Waals surface area contributed by atoms with Crippen LogP contribution in [0.15, 0.2) is 29.2 Å². The first kappa shape index (κ1) is 12.0. The zero-order valence-electron chi connectivity index (χ0n) is 8.70. The van der Waals surface area contributed by atoms with Gasteiger partial charge < -0.3 is 4.74 Å². The number of thioether (sulfide) groups is 1. The molecule has 0 aliphatic carbocycles. The van der Waals surface area contributed by atoms with Crippen molar-refractivity contribution in [3.8, 4) is 0 Å². The Hall–Kier alpha value is -1.03. The summed E-state index contributed by atoms with van der Waals surface area (Å²) in [5.74, 6) is -0.345. The molecule has 0 amide bonds. The summed E-state index contributed by atoms with van der Waals surface area (Å²) in [4.78, 5) is 12.1. The maximum Gasteiger partial charge on any atom is 0.338 e. The van der Waals surface area contributed by atoms with Gasteiger partial charge in [-0.2, -0.15) is 0 Å². The van der Waals surface area contributed by atoms with Crippen molar-refractivity contribution in [1.29, 1.82) is 0 Å². The van der Waals surface area contributed by atoms with Crippen molar-refractivity contribution in [3.63, 3.8) is 0 Å². The molecule has 0 aromatic heterocycles. The Morgan fingerprint density at radius 1 is 1.47 bits per heavy atom. The van der Waals surface area contributed by atoms with Crippen LogP contribution in [0.1, 0.15) is 24.2 Å². The van der Waals surface area contributed by atoms with E-state index in [1.807, 2.05) is 0 Å². The van der Waals surface area contributed by atoms with Gasteiger partial charge in [-0.15, -0.1) is 0 Å². The second-order valence-electron chi connectivity index (χ2n) is 2.91. The number of carbonyl (C=O) groups is 1. The second kappa shape index (κ2) is 5.75. The van der Waals surface area contributed by atoms with Gasteiger partial charge in [0.25, 0.3) is 0 Å². The Bertz CT molecular complexity index is 322. The zero-order chi connectivity index (χ0) is 11.3. The molecule has 0 N–H and O–H groups in total. The molecule has 1 unspecified atom stereocenters. The number of esters is 1. The van der Waals surface area contributed by atoms with Gasteiger partial charge in [0.05, 0.1) is 12.2 Å². The summed E-state index contributed by atoms with van der Waals surface area (Å²) < 4.78 is 17.5. The summed E-state index contributed by atoms with van der Waals surface area (Å²) in [5.41, 5.74) is -0.453. The highest BCUT2D eigenvalue weighted by Gasteiger charge is 2.06. The third-order valence-electron chi connectivity index (χ3n) is 1.66. The van der Waals surface area contributed by atoms with Gasteiger partial charge in [-0.1, -0.05) is 11.8 Å². The summed E-state index contributed by atoms with van der Waals surface area (Å²) in [6.45, 7) is 3.59. The summed E-state index contributed by atoms with van der Waals surface area (Å²) >= 11 is 1.11. The van der Waals surface area contributed by atoms with Crippen LogP contribution in [0.25, 0.3) is 0 Å². The van der Waals surface area contributed by atoms with Crippen molar-refractivity contribution in [2.75, 3.05) is 6.61 Å². The third kappa shape index (κ3) is 3.91. The van der Waals surface area contributed by atoms with Crippen LogP contribution in [0, 0.1) is 0 Å². The molecule has 0 fully saturated rings. The molecule has 0 radical (unpaired) electrons. The van der Waals surface area contributed by atoms with Gasteiger partial charge in [0.1, 0.15) is 5.50 Å². The summed E-state index contributed by atoms with van der Waals surface area (Å²) in [6, 6.07) is 6.71. The molecule has 0 spiro atoms. The van der Waals surface area contributed by atoms with Crippen molar-refractivity contribution < 1.29 is 13.9 Å². The Morgan fingerprint density at radius 3 is 2.53 bits per heavy atom. The minimum atomic E-state index is -0.946. The quantitative estimate of drug-likeness (QED) is 0.584. The lowest BCUT2D eigenvalue weighted by Gasteiger charge is -2.04. The van der Waals surface area contributed by atoms with Crippen LogP contribution >= 0.6 is 11.8 Å². The molecule has 4 heteroatoms. The SMILES string of the molecule is CCOC(=O)c1ccc(SC(C)F)cc1. The zero-order valence-corrected chi connectivity index (χ0v) is 9.51. The van der Waals surface area contributed by atoms with Crippen molar-refractivity contribution in [2.24, 2.45) is 0 Å². The molecular weight excluding hydrogens is 215 g/mol. The lowest BCUT2D eigenvalue weighted by Crippen LogP contribution is -2.04. The second-order valence-corrected chi connectivity index (χ2v) is 4.26. The van der Waals surface area contributed by atoms with Crippen LogP contribution in [0.3, 0.4) is 0 Å². The van der Waals surface area contributed by atoms with Crippen LogP contribution in [-0.2, 0) is 4.74 Å². The molecule has 1 atom stereocenters. The number of alkyl halides is 1. The number of carbonyl (C=O) groups excluding carboxylic acids is 1. The number of halogens is 1. The molecule has 0 bridgehead atoms. The molecule has 1 aromatic carbocycles. The van der Waals surface area contributed by atoms with Crippen LogP contribution in [-0.4, -0.2) is 18.1 Å². The summed E-state index contributed by atoms with van der Waals surface area (Å²) in [5, 5.41) is 0. The maximum absolute atomic E-state index is 12.6. The molecule has 15 heavy (non-hydrogen) atoms. The molecule has 0 aliphatic rings. The van der Waals surface area contributed by atoms with E-state index in [9.17, 15) is 9.18 Å². The number of ether oxygens (including phenoxy) is 1. The minimum absolute atomic E-state index is 0.345. The first-order valence-electron chi connectivity index (χ1n) is 4.71. The van der Waals surface area contributed by atoms with Crippen LogP contribution in [0.5, 0.6) is 0 Å². The number of hydrogen-bond donors (Lipinski definition) is 0. The van der Waals surface area contributed by atoms with Gasteiger partial charge in [-0.25, -0.2) is 9.18 Å². The van der Waals surface area contributed by atoms with Gasteiger partial charge in [0, 0.05) is 4.90 Å². The Labute approximate surface area is 92.8 Å². The van der Waals surface area contributed by atoms with Crippen molar-refractivity contribution in [1.82, 2.24) is 0 Å². The van der Waals surface area contributed by atoms with Crippen LogP contribution < -0.4 is 0 Å².